The second-order valence-electron chi connectivity index (χ2n) is 7.55. The number of H-pyrrole nitrogens is 1. The average molecular weight is 422 g/mol. The van der Waals surface area contributed by atoms with Crippen molar-refractivity contribution in [1.29, 1.82) is 0 Å². The molecule has 0 aromatic carbocycles. The van der Waals surface area contributed by atoms with Gasteiger partial charge in [-0.15, -0.1) is 0 Å². The first-order valence-electron chi connectivity index (χ1n) is 10.0. The Morgan fingerprint density at radius 1 is 1.30 bits per heavy atom. The van der Waals surface area contributed by atoms with Crippen LogP contribution in [0, 0.1) is 11.8 Å². The van der Waals surface area contributed by atoms with Gasteiger partial charge in [-0.25, -0.2) is 4.98 Å². The maximum Gasteiger partial charge on any atom is 0.323 e. The number of fused-ring (bicyclic) bond motifs is 1. The Morgan fingerprint density at radius 3 is 2.70 bits per heavy atom. The van der Waals surface area contributed by atoms with Crippen molar-refractivity contribution < 1.29 is 19.1 Å². The molecule has 0 bridgehead atoms. The number of hydrogen-bond acceptors (Lipinski definition) is 9. The van der Waals surface area contributed by atoms with E-state index in [1.807, 2.05) is 20.8 Å². The summed E-state index contributed by atoms with van der Waals surface area (Å²) in [5.41, 5.74) is 11.5. The number of hydrogen-bond donors (Lipinski definition) is 3. The third kappa shape index (κ3) is 6.28. The highest BCUT2D eigenvalue weighted by molar-refractivity contribution is 5.75. The van der Waals surface area contributed by atoms with E-state index in [1.54, 1.807) is 4.57 Å². The minimum Gasteiger partial charge on any atom is -0.465 e. The van der Waals surface area contributed by atoms with Crippen LogP contribution in [0.4, 0.5) is 5.95 Å². The number of nitrogens with zero attached hydrogens (tertiary/aromatic N) is 3. The van der Waals surface area contributed by atoms with E-state index in [1.165, 1.54) is 6.33 Å². The molecule has 0 saturated carbocycles. The Hall–Kier alpha value is -2.95. The van der Waals surface area contributed by atoms with Crippen molar-refractivity contribution in [1.82, 2.24) is 19.5 Å². The molecule has 2 aromatic heterocycles. The number of nitrogens with two attached hydrogens (primary N) is 2. The summed E-state index contributed by atoms with van der Waals surface area (Å²) in [6.07, 6.45) is 2.92. The molecule has 0 fully saturated rings. The molecule has 0 amide bonds. The van der Waals surface area contributed by atoms with Crippen LogP contribution in [0.1, 0.15) is 40.0 Å². The smallest absolute Gasteiger partial charge is 0.323 e. The predicted octanol–water partition coefficient (Wildman–Crippen LogP) is 0.578. The Kier molecular flexibility index (Phi) is 8.34. The van der Waals surface area contributed by atoms with Crippen molar-refractivity contribution in [3.8, 4) is 0 Å². The number of anilines is 1. The summed E-state index contributed by atoms with van der Waals surface area (Å²) in [5, 5.41) is 0. The van der Waals surface area contributed by atoms with E-state index >= 15 is 0 Å². The summed E-state index contributed by atoms with van der Waals surface area (Å²) in [7, 11) is 0. The van der Waals surface area contributed by atoms with Crippen LogP contribution in [-0.4, -0.2) is 50.7 Å². The number of carbonyl (C=O) groups excluding carboxylic acids is 2. The third-order valence-corrected chi connectivity index (χ3v) is 4.64. The zero-order chi connectivity index (χ0) is 22.3. The molecule has 166 valence electrons. The van der Waals surface area contributed by atoms with Gasteiger partial charge in [-0.3, -0.25) is 19.4 Å². The van der Waals surface area contributed by atoms with Crippen LogP contribution in [0.5, 0.6) is 0 Å². The van der Waals surface area contributed by atoms with Crippen molar-refractivity contribution in [3.63, 3.8) is 0 Å². The second-order valence-corrected chi connectivity index (χ2v) is 7.55. The van der Waals surface area contributed by atoms with Gasteiger partial charge < -0.3 is 25.5 Å². The van der Waals surface area contributed by atoms with Crippen LogP contribution < -0.4 is 17.0 Å². The lowest BCUT2D eigenvalue weighted by molar-refractivity contribution is -0.149. The van der Waals surface area contributed by atoms with Crippen LogP contribution in [0.25, 0.3) is 11.2 Å². The van der Waals surface area contributed by atoms with Crippen molar-refractivity contribution in [2.24, 2.45) is 17.6 Å². The van der Waals surface area contributed by atoms with Gasteiger partial charge in [0.15, 0.2) is 11.2 Å². The first-order valence-corrected chi connectivity index (χ1v) is 10.0. The fraction of sp³-hybridized carbons (Fsp3) is 0.632. The first kappa shape index (κ1) is 23.3. The summed E-state index contributed by atoms with van der Waals surface area (Å²) >= 11 is 0. The normalized spacial score (nSPS) is 13.4. The summed E-state index contributed by atoms with van der Waals surface area (Å²) in [6.45, 7) is 6.17. The van der Waals surface area contributed by atoms with Crippen molar-refractivity contribution in [2.75, 3.05) is 18.9 Å². The second kappa shape index (κ2) is 10.7. The Morgan fingerprint density at radius 2 is 2.03 bits per heavy atom. The van der Waals surface area contributed by atoms with Gasteiger partial charge in [0.2, 0.25) is 5.95 Å². The van der Waals surface area contributed by atoms with Gasteiger partial charge in [0.25, 0.3) is 5.56 Å². The lowest BCUT2D eigenvalue weighted by Crippen LogP contribution is -2.37. The van der Waals surface area contributed by atoms with E-state index in [0.29, 0.717) is 31.5 Å². The maximum absolute atomic E-state index is 12.0. The molecule has 0 spiro atoms. The topological polar surface area (TPSA) is 168 Å². The number of ether oxygens (including phenoxy) is 2. The monoisotopic (exact) mass is 422 g/mol. The van der Waals surface area contributed by atoms with E-state index in [-0.39, 0.29) is 42.5 Å². The lowest BCUT2D eigenvalue weighted by atomic mass is 10.1. The molecule has 1 unspecified atom stereocenters. The molecule has 2 aromatic rings. The minimum atomic E-state index is -0.692. The molecular formula is C19H30N6O5. The van der Waals surface area contributed by atoms with Gasteiger partial charge in [-0.05, 0) is 18.8 Å². The third-order valence-electron chi connectivity index (χ3n) is 4.64. The van der Waals surface area contributed by atoms with Gasteiger partial charge in [-0.2, -0.15) is 4.98 Å². The molecule has 30 heavy (non-hydrogen) atoms. The SMILES string of the molecule is CCCC(=O)OCC(CCOC(=O)[C@@H](N)C(C)C)Cn1cnc2c(=O)[nH]c(N)nc21. The number of imidazole rings is 1. The number of esters is 2. The number of rotatable bonds is 11. The summed E-state index contributed by atoms with van der Waals surface area (Å²) in [5.74, 6) is -1.02. The molecule has 0 aliphatic carbocycles. The van der Waals surface area contributed by atoms with Crippen molar-refractivity contribution in [2.45, 2.75) is 52.6 Å². The number of aromatic nitrogens is 4. The molecule has 11 heteroatoms. The number of carbonyl (C=O) groups is 2. The molecule has 0 radical (unpaired) electrons. The number of aromatic amines is 1. The van der Waals surface area contributed by atoms with Gasteiger partial charge >= 0.3 is 11.9 Å². The summed E-state index contributed by atoms with van der Waals surface area (Å²) in [6, 6.07) is -0.692. The number of nitrogens with one attached hydrogen (secondary N) is 1. The van der Waals surface area contributed by atoms with E-state index in [4.69, 9.17) is 20.9 Å². The Labute approximate surface area is 174 Å². The first-order chi connectivity index (χ1) is 14.2. The summed E-state index contributed by atoms with van der Waals surface area (Å²) < 4.78 is 12.3. The highest BCUT2D eigenvalue weighted by Crippen LogP contribution is 2.14. The Balaban J connectivity index is 2.08. The highest BCUT2D eigenvalue weighted by atomic mass is 16.5. The molecular weight excluding hydrogens is 392 g/mol. The van der Waals surface area contributed by atoms with Crippen LogP contribution in [0.15, 0.2) is 11.1 Å². The van der Waals surface area contributed by atoms with E-state index < -0.39 is 17.6 Å². The molecule has 2 rings (SSSR count). The zero-order valence-electron chi connectivity index (χ0n) is 17.6. The van der Waals surface area contributed by atoms with Gasteiger partial charge in [0.1, 0.15) is 6.04 Å². The van der Waals surface area contributed by atoms with Crippen LogP contribution in [0.3, 0.4) is 0 Å². The minimum absolute atomic E-state index is 0.0169. The van der Waals surface area contributed by atoms with Crippen LogP contribution in [-0.2, 0) is 25.6 Å². The molecule has 11 nitrogen and oxygen atoms in total. The fourth-order valence-electron chi connectivity index (χ4n) is 2.79. The van der Waals surface area contributed by atoms with Gasteiger partial charge in [0.05, 0.1) is 19.5 Å². The number of nitrogen functional groups attached to an aromatic ring is 1. The highest BCUT2D eigenvalue weighted by Gasteiger charge is 2.21. The lowest BCUT2D eigenvalue weighted by Gasteiger charge is -2.19. The maximum atomic E-state index is 12.0. The van der Waals surface area contributed by atoms with Crippen LogP contribution in [0.2, 0.25) is 0 Å². The molecule has 2 atom stereocenters. The fourth-order valence-corrected chi connectivity index (χ4v) is 2.79. The molecule has 2 heterocycles. The summed E-state index contributed by atoms with van der Waals surface area (Å²) in [4.78, 5) is 46.3. The molecule has 0 aliphatic rings. The van der Waals surface area contributed by atoms with E-state index in [9.17, 15) is 14.4 Å². The van der Waals surface area contributed by atoms with Crippen molar-refractivity contribution >= 4 is 29.1 Å². The van der Waals surface area contributed by atoms with Crippen molar-refractivity contribution in [3.05, 3.63) is 16.7 Å². The zero-order valence-corrected chi connectivity index (χ0v) is 17.6. The van der Waals surface area contributed by atoms with E-state index in [2.05, 4.69) is 15.0 Å². The molecule has 0 saturated heterocycles. The van der Waals surface area contributed by atoms with Gasteiger partial charge in [0, 0.05) is 18.9 Å². The standard InChI is InChI=1S/C19H30N6O5/c1-4-5-13(26)30-9-12(6-7-29-18(28)14(20)11(2)3)8-25-10-22-15-16(25)23-19(21)24-17(15)27/h10-12,14H,4-9,20H2,1-3H3,(H3,21,23,24,27)/t12?,14-/m0/s1. The van der Waals surface area contributed by atoms with E-state index in [0.717, 1.165) is 0 Å². The predicted molar refractivity (Wildman–Crippen MR) is 110 cm³/mol. The quantitative estimate of drug-likeness (QED) is 0.438. The Bertz CT molecular complexity index is 922. The van der Waals surface area contributed by atoms with Crippen LogP contribution >= 0.6 is 0 Å². The molecule has 5 N–H and O–H groups in total. The largest absolute Gasteiger partial charge is 0.465 e. The van der Waals surface area contributed by atoms with Gasteiger partial charge in [-0.1, -0.05) is 20.8 Å². The molecule has 0 aliphatic heterocycles. The average Bonchev–Trinajstić information content (AvgIpc) is 3.08.